The molecule has 0 spiro atoms. The minimum absolute atomic E-state index is 0.316. The van der Waals surface area contributed by atoms with Crippen molar-refractivity contribution in [2.24, 2.45) is 0 Å². The van der Waals surface area contributed by atoms with Gasteiger partial charge in [0.2, 0.25) is 5.88 Å². The molecule has 4 heteroatoms. The summed E-state index contributed by atoms with van der Waals surface area (Å²) in [6.45, 7) is 6.83. The zero-order valence-electron chi connectivity index (χ0n) is 12.0. The van der Waals surface area contributed by atoms with Gasteiger partial charge in [-0.25, -0.2) is 9.37 Å². The summed E-state index contributed by atoms with van der Waals surface area (Å²) >= 11 is 0. The van der Waals surface area contributed by atoms with Gasteiger partial charge in [0.15, 0.2) is 0 Å². The Kier molecular flexibility index (Phi) is 4.69. The van der Waals surface area contributed by atoms with E-state index in [2.05, 4.69) is 24.1 Å². The van der Waals surface area contributed by atoms with E-state index in [9.17, 15) is 4.39 Å². The molecule has 0 aliphatic carbocycles. The molecule has 0 unspecified atom stereocenters. The van der Waals surface area contributed by atoms with Gasteiger partial charge in [0.25, 0.3) is 0 Å². The first-order valence-corrected chi connectivity index (χ1v) is 6.67. The van der Waals surface area contributed by atoms with Crippen LogP contribution in [-0.4, -0.2) is 11.0 Å². The quantitative estimate of drug-likeness (QED) is 0.900. The van der Waals surface area contributed by atoms with Crippen molar-refractivity contribution in [2.75, 3.05) is 0 Å². The molecule has 0 atom stereocenters. The number of aryl methyl sites for hydroxylation is 1. The largest absolute Gasteiger partial charge is 0.439 e. The number of aromatic nitrogens is 1. The molecule has 1 aromatic heterocycles. The Hall–Kier alpha value is -1.94. The molecule has 2 rings (SSSR count). The first-order chi connectivity index (χ1) is 9.54. The second-order valence-electron chi connectivity index (χ2n) is 5.05. The summed E-state index contributed by atoms with van der Waals surface area (Å²) in [5, 5.41) is 3.32. The van der Waals surface area contributed by atoms with Crippen LogP contribution >= 0.6 is 0 Å². The average molecular weight is 274 g/mol. The van der Waals surface area contributed by atoms with Crippen LogP contribution in [0.25, 0.3) is 0 Å². The topological polar surface area (TPSA) is 34.1 Å². The molecule has 2 aromatic rings. The molecule has 1 aromatic carbocycles. The highest BCUT2D eigenvalue weighted by molar-refractivity contribution is 5.35. The smallest absolute Gasteiger partial charge is 0.219 e. The average Bonchev–Trinajstić information content (AvgIpc) is 2.42. The van der Waals surface area contributed by atoms with E-state index in [0.29, 0.717) is 17.7 Å². The Bertz CT molecular complexity index is 567. The fraction of sp³-hybridized carbons (Fsp3) is 0.312. The van der Waals surface area contributed by atoms with E-state index in [1.807, 2.05) is 13.0 Å². The van der Waals surface area contributed by atoms with E-state index >= 15 is 0 Å². The fourth-order valence-corrected chi connectivity index (χ4v) is 1.69. The van der Waals surface area contributed by atoms with Crippen LogP contribution in [0.1, 0.15) is 25.0 Å². The third-order valence-electron chi connectivity index (χ3n) is 2.88. The van der Waals surface area contributed by atoms with Crippen LogP contribution in [0.4, 0.5) is 4.39 Å². The van der Waals surface area contributed by atoms with Crippen molar-refractivity contribution in [3.63, 3.8) is 0 Å². The fourth-order valence-electron chi connectivity index (χ4n) is 1.69. The number of pyridine rings is 1. The predicted octanol–water partition coefficient (Wildman–Crippen LogP) is 3.82. The van der Waals surface area contributed by atoms with Crippen LogP contribution < -0.4 is 10.1 Å². The number of hydrogen-bond acceptors (Lipinski definition) is 3. The van der Waals surface area contributed by atoms with E-state index in [-0.39, 0.29) is 5.82 Å². The molecular weight excluding hydrogens is 255 g/mol. The van der Waals surface area contributed by atoms with Crippen LogP contribution in [0, 0.1) is 12.7 Å². The van der Waals surface area contributed by atoms with Crippen LogP contribution in [0.5, 0.6) is 11.6 Å². The van der Waals surface area contributed by atoms with Crippen molar-refractivity contribution in [1.29, 1.82) is 0 Å². The SMILES string of the molecule is Cc1ccc(F)cc1Oc1ccc(CNC(C)C)cn1. The minimum Gasteiger partial charge on any atom is -0.439 e. The number of halogens is 1. The third-order valence-corrected chi connectivity index (χ3v) is 2.88. The van der Waals surface area contributed by atoms with E-state index in [0.717, 1.165) is 17.7 Å². The van der Waals surface area contributed by atoms with Gasteiger partial charge in [-0.15, -0.1) is 0 Å². The van der Waals surface area contributed by atoms with Crippen molar-refractivity contribution in [2.45, 2.75) is 33.4 Å². The molecule has 20 heavy (non-hydrogen) atoms. The molecule has 0 saturated carbocycles. The lowest BCUT2D eigenvalue weighted by molar-refractivity contribution is 0.454. The highest BCUT2D eigenvalue weighted by Crippen LogP contribution is 2.24. The van der Waals surface area contributed by atoms with Gasteiger partial charge in [-0.3, -0.25) is 0 Å². The lowest BCUT2D eigenvalue weighted by atomic mass is 10.2. The number of nitrogens with one attached hydrogen (secondary N) is 1. The van der Waals surface area contributed by atoms with Gasteiger partial charge in [0.05, 0.1) is 0 Å². The summed E-state index contributed by atoms with van der Waals surface area (Å²) in [5.41, 5.74) is 1.96. The van der Waals surface area contributed by atoms with Crippen molar-refractivity contribution >= 4 is 0 Å². The van der Waals surface area contributed by atoms with Crippen LogP contribution in [-0.2, 0) is 6.54 Å². The molecule has 0 radical (unpaired) electrons. The molecule has 0 aliphatic rings. The normalized spacial score (nSPS) is 10.8. The van der Waals surface area contributed by atoms with Crippen molar-refractivity contribution in [1.82, 2.24) is 10.3 Å². The van der Waals surface area contributed by atoms with Crippen LogP contribution in [0.3, 0.4) is 0 Å². The summed E-state index contributed by atoms with van der Waals surface area (Å²) in [7, 11) is 0. The Balaban J connectivity index is 2.05. The number of ether oxygens (including phenoxy) is 1. The molecular formula is C16H19FN2O. The van der Waals surface area contributed by atoms with E-state index < -0.39 is 0 Å². The second kappa shape index (κ2) is 6.48. The Morgan fingerprint density at radius 3 is 2.70 bits per heavy atom. The molecule has 0 saturated heterocycles. The number of rotatable bonds is 5. The summed E-state index contributed by atoms with van der Waals surface area (Å²) in [4.78, 5) is 4.24. The van der Waals surface area contributed by atoms with Crippen LogP contribution in [0.2, 0.25) is 0 Å². The molecule has 3 nitrogen and oxygen atoms in total. The zero-order valence-corrected chi connectivity index (χ0v) is 12.0. The first-order valence-electron chi connectivity index (χ1n) is 6.67. The minimum atomic E-state index is -0.316. The maximum absolute atomic E-state index is 13.2. The summed E-state index contributed by atoms with van der Waals surface area (Å²) in [6.07, 6.45) is 1.76. The Labute approximate surface area is 118 Å². The van der Waals surface area contributed by atoms with E-state index in [1.54, 1.807) is 18.3 Å². The van der Waals surface area contributed by atoms with Gasteiger partial charge in [-0.1, -0.05) is 26.0 Å². The highest BCUT2D eigenvalue weighted by Gasteiger charge is 2.04. The second-order valence-corrected chi connectivity index (χ2v) is 5.05. The van der Waals surface area contributed by atoms with E-state index in [4.69, 9.17) is 4.74 Å². The summed E-state index contributed by atoms with van der Waals surface area (Å²) in [5.74, 6) is 0.640. The highest BCUT2D eigenvalue weighted by atomic mass is 19.1. The Morgan fingerprint density at radius 2 is 2.05 bits per heavy atom. The van der Waals surface area contributed by atoms with Crippen LogP contribution in [0.15, 0.2) is 36.5 Å². The lowest BCUT2D eigenvalue weighted by Crippen LogP contribution is -2.21. The van der Waals surface area contributed by atoms with Gasteiger partial charge in [0.1, 0.15) is 11.6 Å². The number of nitrogens with zero attached hydrogens (tertiary/aromatic N) is 1. The molecule has 106 valence electrons. The first kappa shape index (κ1) is 14.5. The standard InChI is InChI=1S/C16H19FN2O/c1-11(2)18-9-13-5-7-16(19-10-13)20-15-8-14(17)6-4-12(15)3/h4-8,10-11,18H,9H2,1-3H3. The van der Waals surface area contributed by atoms with Crippen molar-refractivity contribution in [3.8, 4) is 11.6 Å². The Morgan fingerprint density at radius 1 is 1.25 bits per heavy atom. The van der Waals surface area contributed by atoms with Gasteiger partial charge in [-0.05, 0) is 24.1 Å². The monoisotopic (exact) mass is 274 g/mol. The van der Waals surface area contributed by atoms with Gasteiger partial charge in [0, 0.05) is 30.9 Å². The van der Waals surface area contributed by atoms with Gasteiger partial charge in [-0.2, -0.15) is 0 Å². The third kappa shape index (κ3) is 4.03. The maximum Gasteiger partial charge on any atom is 0.219 e. The zero-order chi connectivity index (χ0) is 14.5. The van der Waals surface area contributed by atoms with Crippen molar-refractivity contribution < 1.29 is 9.13 Å². The lowest BCUT2D eigenvalue weighted by Gasteiger charge is -2.10. The van der Waals surface area contributed by atoms with Gasteiger partial charge < -0.3 is 10.1 Å². The molecule has 1 heterocycles. The molecule has 0 fully saturated rings. The maximum atomic E-state index is 13.2. The summed E-state index contributed by atoms with van der Waals surface area (Å²) in [6, 6.07) is 8.64. The molecule has 1 N–H and O–H groups in total. The van der Waals surface area contributed by atoms with E-state index in [1.165, 1.54) is 12.1 Å². The molecule has 0 amide bonds. The molecule has 0 bridgehead atoms. The summed E-state index contributed by atoms with van der Waals surface area (Å²) < 4.78 is 18.8. The van der Waals surface area contributed by atoms with Crippen molar-refractivity contribution in [3.05, 3.63) is 53.5 Å². The predicted molar refractivity (Wildman–Crippen MR) is 77.4 cm³/mol. The van der Waals surface area contributed by atoms with Gasteiger partial charge >= 0.3 is 0 Å². The molecule has 0 aliphatic heterocycles. The number of hydrogen-bond donors (Lipinski definition) is 1. The number of benzene rings is 1.